The Morgan fingerprint density at radius 1 is 1.31 bits per heavy atom. The highest BCUT2D eigenvalue weighted by Gasteiger charge is 2.25. The fourth-order valence-electron chi connectivity index (χ4n) is 3.05. The van der Waals surface area contributed by atoms with Crippen molar-refractivity contribution in [1.29, 1.82) is 0 Å². The quantitative estimate of drug-likeness (QED) is 0.818. The Morgan fingerprint density at radius 3 is 2.69 bits per heavy atom. The molecule has 0 spiro atoms. The molecule has 0 radical (unpaired) electrons. The van der Waals surface area contributed by atoms with Gasteiger partial charge in [-0.1, -0.05) is 50.3 Å². The molecule has 0 bridgehead atoms. The molecule has 26 heavy (non-hydrogen) atoms. The van der Waals surface area contributed by atoms with Gasteiger partial charge in [-0.3, -0.25) is 4.79 Å². The van der Waals surface area contributed by atoms with Crippen molar-refractivity contribution < 1.29 is 14.7 Å². The Morgan fingerprint density at radius 2 is 2.04 bits per heavy atom. The number of aromatic nitrogens is 1. The van der Waals surface area contributed by atoms with Gasteiger partial charge in [-0.15, -0.1) is 11.3 Å². The van der Waals surface area contributed by atoms with Gasteiger partial charge in [-0.2, -0.15) is 0 Å². The lowest BCUT2D eigenvalue weighted by Gasteiger charge is -2.17. The summed E-state index contributed by atoms with van der Waals surface area (Å²) in [4.78, 5) is 29.1. The number of carbonyl (C=O) groups is 2. The number of aliphatic carboxylic acids is 1. The number of carboxylic acids is 1. The van der Waals surface area contributed by atoms with E-state index in [1.807, 2.05) is 18.2 Å². The second-order valence-electron chi connectivity index (χ2n) is 6.80. The third kappa shape index (κ3) is 4.19. The average Bonchev–Trinajstić information content (AvgIpc) is 3.01. The smallest absolute Gasteiger partial charge is 0.326 e. The first-order valence-corrected chi connectivity index (χ1v) is 9.49. The van der Waals surface area contributed by atoms with E-state index in [-0.39, 0.29) is 18.2 Å². The summed E-state index contributed by atoms with van der Waals surface area (Å²) in [6.07, 6.45) is 5.18. The van der Waals surface area contributed by atoms with Crippen LogP contribution in [0.2, 0.25) is 0 Å². The van der Waals surface area contributed by atoms with Gasteiger partial charge in [0.1, 0.15) is 11.0 Å². The van der Waals surface area contributed by atoms with Gasteiger partial charge < -0.3 is 10.4 Å². The second kappa shape index (κ2) is 7.83. The number of nitrogens with zero attached hydrogens (tertiary/aromatic N) is 1. The maximum atomic E-state index is 12.2. The molecule has 1 aromatic carbocycles. The zero-order valence-electron chi connectivity index (χ0n) is 14.8. The van der Waals surface area contributed by atoms with Gasteiger partial charge in [-0.05, 0) is 17.6 Å². The predicted octanol–water partition coefficient (Wildman–Crippen LogP) is 3.26. The van der Waals surface area contributed by atoms with E-state index in [2.05, 4.69) is 34.6 Å². The molecule has 1 heterocycles. The van der Waals surface area contributed by atoms with Crippen LogP contribution in [0.3, 0.4) is 0 Å². The molecule has 0 saturated heterocycles. The SMILES string of the molecule is CC(C)C(NC(=O)Cc1nc2c(s1)C=CC(c1ccccc1)C2)C(=O)O. The molecule has 2 unspecified atom stereocenters. The molecule has 136 valence electrons. The van der Waals surface area contributed by atoms with Gasteiger partial charge in [0.25, 0.3) is 0 Å². The standard InChI is InChI=1S/C20H22N2O3S/c1-12(2)19(20(24)25)22-17(23)11-18-21-15-10-14(8-9-16(15)26-18)13-6-4-3-5-7-13/h3-9,12,14,19H,10-11H2,1-2H3,(H,22,23)(H,24,25). The third-order valence-electron chi connectivity index (χ3n) is 4.45. The van der Waals surface area contributed by atoms with Gasteiger partial charge in [0.15, 0.2) is 0 Å². The molecule has 6 heteroatoms. The minimum Gasteiger partial charge on any atom is -0.480 e. The van der Waals surface area contributed by atoms with Crippen LogP contribution in [0.15, 0.2) is 36.4 Å². The van der Waals surface area contributed by atoms with Gasteiger partial charge in [0.2, 0.25) is 5.91 Å². The monoisotopic (exact) mass is 370 g/mol. The van der Waals surface area contributed by atoms with Crippen molar-refractivity contribution in [3.8, 4) is 0 Å². The van der Waals surface area contributed by atoms with Gasteiger partial charge >= 0.3 is 5.97 Å². The molecule has 0 saturated carbocycles. The lowest BCUT2D eigenvalue weighted by Crippen LogP contribution is -2.44. The molecule has 0 fully saturated rings. The van der Waals surface area contributed by atoms with Crippen LogP contribution in [0.5, 0.6) is 0 Å². The summed E-state index contributed by atoms with van der Waals surface area (Å²) in [5, 5.41) is 12.5. The number of allylic oxidation sites excluding steroid dienone is 1. The molecular weight excluding hydrogens is 348 g/mol. The topological polar surface area (TPSA) is 79.3 Å². The van der Waals surface area contributed by atoms with E-state index >= 15 is 0 Å². The lowest BCUT2D eigenvalue weighted by atomic mass is 9.90. The highest BCUT2D eigenvalue weighted by molar-refractivity contribution is 7.12. The molecule has 2 N–H and O–H groups in total. The van der Waals surface area contributed by atoms with Crippen LogP contribution in [0.1, 0.15) is 40.9 Å². The van der Waals surface area contributed by atoms with Crippen LogP contribution in [0.25, 0.3) is 6.08 Å². The van der Waals surface area contributed by atoms with Crippen molar-refractivity contribution >= 4 is 29.3 Å². The molecule has 1 aliphatic rings. The molecule has 2 atom stereocenters. The molecule has 0 aliphatic heterocycles. The summed E-state index contributed by atoms with van der Waals surface area (Å²) in [7, 11) is 0. The molecule has 1 amide bonds. The molecule has 3 rings (SSSR count). The minimum absolute atomic E-state index is 0.109. The van der Waals surface area contributed by atoms with Gasteiger partial charge in [0.05, 0.1) is 17.0 Å². The summed E-state index contributed by atoms with van der Waals surface area (Å²) in [5.74, 6) is -1.19. The Kier molecular flexibility index (Phi) is 5.52. The number of hydrogen-bond acceptors (Lipinski definition) is 4. The van der Waals surface area contributed by atoms with Gasteiger partial charge in [0, 0.05) is 12.3 Å². The van der Waals surface area contributed by atoms with E-state index in [0.717, 1.165) is 22.0 Å². The van der Waals surface area contributed by atoms with Crippen LogP contribution in [0.4, 0.5) is 0 Å². The van der Waals surface area contributed by atoms with E-state index < -0.39 is 12.0 Å². The number of rotatable bonds is 6. The Balaban J connectivity index is 1.66. The van der Waals surface area contributed by atoms with Gasteiger partial charge in [-0.25, -0.2) is 9.78 Å². The number of nitrogens with one attached hydrogen (secondary N) is 1. The number of fused-ring (bicyclic) bond motifs is 1. The van der Waals surface area contributed by atoms with Crippen LogP contribution in [-0.2, 0) is 22.4 Å². The van der Waals surface area contributed by atoms with Crippen molar-refractivity contribution in [2.75, 3.05) is 0 Å². The summed E-state index contributed by atoms with van der Waals surface area (Å²) in [6.45, 7) is 3.55. The maximum absolute atomic E-state index is 12.2. The van der Waals surface area contributed by atoms with Crippen LogP contribution in [-0.4, -0.2) is 28.0 Å². The number of amides is 1. The second-order valence-corrected chi connectivity index (χ2v) is 7.92. The molecule has 1 aliphatic carbocycles. The van der Waals surface area contributed by atoms with E-state index in [4.69, 9.17) is 0 Å². The van der Waals surface area contributed by atoms with Crippen molar-refractivity contribution in [3.05, 3.63) is 57.6 Å². The largest absolute Gasteiger partial charge is 0.480 e. The molecule has 5 nitrogen and oxygen atoms in total. The summed E-state index contributed by atoms with van der Waals surface area (Å²) < 4.78 is 0. The fraction of sp³-hybridized carbons (Fsp3) is 0.350. The van der Waals surface area contributed by atoms with Crippen molar-refractivity contribution in [3.63, 3.8) is 0 Å². The number of hydrogen-bond donors (Lipinski definition) is 2. The number of benzene rings is 1. The molecule has 1 aromatic heterocycles. The Labute approximate surface area is 156 Å². The summed E-state index contributed by atoms with van der Waals surface area (Å²) in [6, 6.07) is 9.41. The summed E-state index contributed by atoms with van der Waals surface area (Å²) >= 11 is 1.50. The fourth-order valence-corrected chi connectivity index (χ4v) is 4.06. The minimum atomic E-state index is -1.01. The number of carbonyl (C=O) groups excluding carboxylic acids is 1. The first-order valence-electron chi connectivity index (χ1n) is 8.68. The average molecular weight is 370 g/mol. The first kappa shape index (κ1) is 18.3. The number of thiazole rings is 1. The lowest BCUT2D eigenvalue weighted by molar-refractivity contribution is -0.143. The Bertz CT molecular complexity index is 827. The van der Waals surface area contributed by atoms with Crippen molar-refractivity contribution in [2.45, 2.75) is 38.6 Å². The van der Waals surface area contributed by atoms with E-state index in [9.17, 15) is 14.7 Å². The highest BCUT2D eigenvalue weighted by Crippen LogP contribution is 2.32. The van der Waals surface area contributed by atoms with E-state index in [0.29, 0.717) is 5.92 Å². The normalized spacial score (nSPS) is 17.0. The Hall–Kier alpha value is -2.47. The zero-order valence-corrected chi connectivity index (χ0v) is 15.6. The van der Waals surface area contributed by atoms with Crippen LogP contribution in [0, 0.1) is 5.92 Å². The molecular formula is C20H22N2O3S. The zero-order chi connectivity index (χ0) is 18.7. The maximum Gasteiger partial charge on any atom is 0.326 e. The highest BCUT2D eigenvalue weighted by atomic mass is 32.1. The van der Waals surface area contributed by atoms with Crippen molar-refractivity contribution in [2.24, 2.45) is 5.92 Å². The molecule has 2 aromatic rings. The first-order chi connectivity index (χ1) is 12.4. The predicted molar refractivity (Wildman–Crippen MR) is 102 cm³/mol. The van der Waals surface area contributed by atoms with Crippen molar-refractivity contribution in [1.82, 2.24) is 10.3 Å². The van der Waals surface area contributed by atoms with E-state index in [1.165, 1.54) is 16.9 Å². The van der Waals surface area contributed by atoms with Crippen LogP contribution < -0.4 is 5.32 Å². The number of carboxylic acid groups (broad SMARTS) is 1. The third-order valence-corrected chi connectivity index (χ3v) is 5.52. The van der Waals surface area contributed by atoms with E-state index in [1.54, 1.807) is 13.8 Å². The summed E-state index contributed by atoms with van der Waals surface area (Å²) in [5.41, 5.74) is 2.26. The van der Waals surface area contributed by atoms with Crippen LogP contribution >= 0.6 is 11.3 Å².